The maximum Gasteiger partial charge on any atom is 0.273 e. The lowest BCUT2D eigenvalue weighted by molar-refractivity contribution is -0.385. The molecule has 2 rings (SSSR count). The van der Waals surface area contributed by atoms with Crippen LogP contribution in [0, 0.1) is 47.9 Å². The summed E-state index contributed by atoms with van der Waals surface area (Å²) in [5.41, 5.74) is 3.28. The zero-order valence-electron chi connectivity index (χ0n) is 13.7. The zero-order chi connectivity index (χ0) is 18.0. The molecule has 126 valence electrons. The summed E-state index contributed by atoms with van der Waals surface area (Å²) in [5.74, 6) is 0. The highest BCUT2D eigenvalue weighted by atomic mass is 33.1. The first-order valence-electron chi connectivity index (χ1n) is 7.06. The van der Waals surface area contributed by atoms with E-state index < -0.39 is 9.85 Å². The average Bonchev–Trinajstić information content (AvgIpc) is 2.47. The Kier molecular flexibility index (Phi) is 5.51. The lowest BCUT2D eigenvalue weighted by atomic mass is 10.1. The Balaban J connectivity index is 2.32. The van der Waals surface area contributed by atoms with Crippen LogP contribution in [-0.2, 0) is 0 Å². The van der Waals surface area contributed by atoms with Crippen LogP contribution in [0.5, 0.6) is 0 Å². The van der Waals surface area contributed by atoms with Crippen LogP contribution in [0.15, 0.2) is 34.1 Å². The minimum atomic E-state index is -0.397. The molecular formula is C16H16N2O4S2. The minimum Gasteiger partial charge on any atom is -0.258 e. The van der Waals surface area contributed by atoms with Crippen molar-refractivity contribution >= 4 is 33.0 Å². The average molecular weight is 364 g/mol. The molecule has 0 bridgehead atoms. The second-order valence-electron chi connectivity index (χ2n) is 5.49. The monoisotopic (exact) mass is 364 g/mol. The van der Waals surface area contributed by atoms with Crippen LogP contribution in [0.3, 0.4) is 0 Å². The molecule has 0 aliphatic heterocycles. The fourth-order valence-electron chi connectivity index (χ4n) is 2.31. The summed E-state index contributed by atoms with van der Waals surface area (Å²) < 4.78 is 0. The quantitative estimate of drug-likeness (QED) is 0.393. The third-order valence-electron chi connectivity index (χ3n) is 3.60. The molecule has 0 N–H and O–H groups in total. The maximum absolute atomic E-state index is 11.1. The van der Waals surface area contributed by atoms with Crippen molar-refractivity contribution in [3.8, 4) is 0 Å². The van der Waals surface area contributed by atoms with Crippen molar-refractivity contribution in [1.29, 1.82) is 0 Å². The van der Waals surface area contributed by atoms with Crippen LogP contribution < -0.4 is 0 Å². The summed E-state index contributed by atoms with van der Waals surface area (Å²) in [6, 6.07) is 6.68. The first-order chi connectivity index (χ1) is 11.2. The van der Waals surface area contributed by atoms with Crippen molar-refractivity contribution in [3.05, 3.63) is 66.7 Å². The van der Waals surface area contributed by atoms with Crippen LogP contribution in [0.2, 0.25) is 0 Å². The molecule has 0 fully saturated rings. The van der Waals surface area contributed by atoms with E-state index in [4.69, 9.17) is 0 Å². The number of benzene rings is 2. The van der Waals surface area contributed by atoms with Gasteiger partial charge in [0.15, 0.2) is 0 Å². The molecule has 0 aliphatic rings. The SMILES string of the molecule is Cc1cc(C)c([N+](=O)[O-])cc1SSc1cc([N+](=O)[O-])c(C)cc1C. The predicted molar refractivity (Wildman–Crippen MR) is 96.9 cm³/mol. The van der Waals surface area contributed by atoms with E-state index in [1.54, 1.807) is 38.1 Å². The molecule has 8 heteroatoms. The van der Waals surface area contributed by atoms with Gasteiger partial charge in [-0.3, -0.25) is 20.2 Å². The van der Waals surface area contributed by atoms with Crippen LogP contribution in [0.1, 0.15) is 22.3 Å². The van der Waals surface area contributed by atoms with E-state index in [1.165, 1.54) is 21.6 Å². The number of hydrogen-bond donors (Lipinski definition) is 0. The standard InChI is InChI=1S/C16H16N2O4S2/c1-9-5-11(3)15(7-13(9)17(19)20)23-24-16-8-14(18(21)22)10(2)6-12(16)4/h5-8H,1-4H3. The normalized spacial score (nSPS) is 10.7. The molecule has 0 spiro atoms. The number of aryl methyl sites for hydroxylation is 4. The van der Waals surface area contributed by atoms with Gasteiger partial charge in [0.05, 0.1) is 9.85 Å². The summed E-state index contributed by atoms with van der Waals surface area (Å²) in [7, 11) is 2.74. The van der Waals surface area contributed by atoms with E-state index in [-0.39, 0.29) is 11.4 Å². The van der Waals surface area contributed by atoms with Crippen molar-refractivity contribution in [3.63, 3.8) is 0 Å². The predicted octanol–water partition coefficient (Wildman–Crippen LogP) is 5.54. The van der Waals surface area contributed by atoms with Gasteiger partial charge in [-0.1, -0.05) is 21.6 Å². The smallest absolute Gasteiger partial charge is 0.258 e. The summed E-state index contributed by atoms with van der Waals surface area (Å²) in [6.45, 7) is 7.20. The highest BCUT2D eigenvalue weighted by Crippen LogP contribution is 2.43. The maximum atomic E-state index is 11.1. The van der Waals surface area contributed by atoms with Crippen LogP contribution in [0.4, 0.5) is 11.4 Å². The number of nitro benzene ring substituents is 2. The third-order valence-corrected chi connectivity index (χ3v) is 6.25. The van der Waals surface area contributed by atoms with Crippen molar-refractivity contribution in [1.82, 2.24) is 0 Å². The highest BCUT2D eigenvalue weighted by Gasteiger charge is 2.17. The minimum absolute atomic E-state index is 0.0790. The Hall–Kier alpha value is -2.06. The Bertz CT molecular complexity index is 768. The van der Waals surface area contributed by atoms with Crippen molar-refractivity contribution in [2.45, 2.75) is 37.5 Å². The van der Waals surface area contributed by atoms with Gasteiger partial charge in [0.25, 0.3) is 11.4 Å². The van der Waals surface area contributed by atoms with Gasteiger partial charge in [-0.2, -0.15) is 0 Å². The molecule has 0 atom stereocenters. The van der Waals surface area contributed by atoms with Gasteiger partial charge < -0.3 is 0 Å². The highest BCUT2D eigenvalue weighted by molar-refractivity contribution is 8.76. The van der Waals surface area contributed by atoms with Gasteiger partial charge in [0.1, 0.15) is 0 Å². The van der Waals surface area contributed by atoms with Gasteiger partial charge in [-0.05, 0) is 51.0 Å². The van der Waals surface area contributed by atoms with E-state index in [0.29, 0.717) is 11.1 Å². The van der Waals surface area contributed by atoms with Crippen molar-refractivity contribution < 1.29 is 9.85 Å². The van der Waals surface area contributed by atoms with E-state index in [2.05, 4.69) is 0 Å². The van der Waals surface area contributed by atoms with Crippen molar-refractivity contribution in [2.75, 3.05) is 0 Å². The fraction of sp³-hybridized carbons (Fsp3) is 0.250. The molecular weight excluding hydrogens is 348 g/mol. The third kappa shape index (κ3) is 3.88. The first-order valence-corrected chi connectivity index (χ1v) is 9.21. The van der Waals surface area contributed by atoms with Crippen LogP contribution in [-0.4, -0.2) is 9.85 Å². The molecule has 0 aliphatic carbocycles. The molecule has 0 saturated heterocycles. The Morgan fingerprint density at radius 2 is 1.00 bits per heavy atom. The lowest BCUT2D eigenvalue weighted by Crippen LogP contribution is -1.94. The number of rotatable bonds is 5. The number of nitrogens with zero attached hydrogens (tertiary/aromatic N) is 2. The Morgan fingerprint density at radius 1 is 0.667 bits per heavy atom. The molecule has 0 heterocycles. The molecule has 2 aromatic carbocycles. The topological polar surface area (TPSA) is 86.3 Å². The Labute approximate surface area is 147 Å². The zero-order valence-corrected chi connectivity index (χ0v) is 15.3. The molecule has 0 amide bonds. The molecule has 24 heavy (non-hydrogen) atoms. The first kappa shape index (κ1) is 18.3. The van der Waals surface area contributed by atoms with Gasteiger partial charge in [0, 0.05) is 33.1 Å². The van der Waals surface area contributed by atoms with Crippen LogP contribution >= 0.6 is 21.6 Å². The summed E-state index contributed by atoms with van der Waals surface area (Å²) in [6.07, 6.45) is 0. The van der Waals surface area contributed by atoms with Crippen LogP contribution in [0.25, 0.3) is 0 Å². The second kappa shape index (κ2) is 7.23. The fourth-order valence-corrected chi connectivity index (χ4v) is 4.80. The number of nitro groups is 2. The summed E-state index contributed by atoms with van der Waals surface area (Å²) >= 11 is 0. The molecule has 0 aromatic heterocycles. The lowest BCUT2D eigenvalue weighted by Gasteiger charge is -2.09. The van der Waals surface area contributed by atoms with Crippen molar-refractivity contribution in [2.24, 2.45) is 0 Å². The van der Waals surface area contributed by atoms with Gasteiger partial charge in [-0.15, -0.1) is 0 Å². The van der Waals surface area contributed by atoms with Gasteiger partial charge in [0.2, 0.25) is 0 Å². The van der Waals surface area contributed by atoms with Gasteiger partial charge in [-0.25, -0.2) is 0 Å². The molecule has 2 aromatic rings. The van der Waals surface area contributed by atoms with E-state index in [1.807, 2.05) is 13.8 Å². The molecule has 6 nitrogen and oxygen atoms in total. The molecule has 0 unspecified atom stereocenters. The van der Waals surface area contributed by atoms with Gasteiger partial charge >= 0.3 is 0 Å². The number of hydrogen-bond acceptors (Lipinski definition) is 6. The summed E-state index contributed by atoms with van der Waals surface area (Å²) in [4.78, 5) is 22.9. The largest absolute Gasteiger partial charge is 0.273 e. The van der Waals surface area contributed by atoms with E-state index in [9.17, 15) is 20.2 Å². The molecule has 0 radical (unpaired) electrons. The Morgan fingerprint density at radius 3 is 1.29 bits per heavy atom. The van der Waals surface area contributed by atoms with E-state index >= 15 is 0 Å². The second-order valence-corrected chi connectivity index (χ2v) is 7.70. The van der Waals surface area contributed by atoms with E-state index in [0.717, 1.165) is 20.9 Å². The summed E-state index contributed by atoms with van der Waals surface area (Å²) in [5, 5.41) is 22.2. The molecule has 0 saturated carbocycles.